The lowest BCUT2D eigenvalue weighted by Gasteiger charge is -2.24. The van der Waals surface area contributed by atoms with Crippen molar-refractivity contribution in [3.05, 3.63) is 0 Å². The van der Waals surface area contributed by atoms with Crippen molar-refractivity contribution in [1.82, 2.24) is 5.32 Å². The molecule has 1 aliphatic rings. The van der Waals surface area contributed by atoms with Gasteiger partial charge in [0.05, 0.1) is 19.3 Å². The average Bonchev–Trinajstić information content (AvgIpc) is 2.44. The molecule has 6 heteroatoms. The Hall–Kier alpha value is -0.690. The minimum Gasteiger partial charge on any atom is -0.394 e. The fourth-order valence-electron chi connectivity index (χ4n) is 1.47. The van der Waals surface area contributed by atoms with E-state index in [9.17, 15) is 15.0 Å². The van der Waals surface area contributed by atoms with Crippen LogP contribution < -0.4 is 5.32 Å². The number of hydrogen-bond acceptors (Lipinski definition) is 5. The van der Waals surface area contributed by atoms with Crippen LogP contribution >= 0.6 is 0 Å². The second kappa shape index (κ2) is 4.70. The van der Waals surface area contributed by atoms with E-state index in [4.69, 9.17) is 9.84 Å². The smallest absolute Gasteiger partial charge is 0.217 e. The van der Waals surface area contributed by atoms with Crippen molar-refractivity contribution in [3.8, 4) is 0 Å². The van der Waals surface area contributed by atoms with E-state index in [-0.39, 0.29) is 19.1 Å². The molecule has 6 nitrogen and oxygen atoms in total. The van der Waals surface area contributed by atoms with Gasteiger partial charge in [0.2, 0.25) is 5.91 Å². The fourth-order valence-corrected chi connectivity index (χ4v) is 1.47. The molecule has 0 radical (unpaired) electrons. The Labute approximate surface area is 81.5 Å². The molecule has 0 aliphatic carbocycles. The molecule has 0 aromatic rings. The van der Waals surface area contributed by atoms with Gasteiger partial charge in [-0.1, -0.05) is 0 Å². The van der Waals surface area contributed by atoms with Crippen molar-refractivity contribution in [2.75, 3.05) is 13.2 Å². The van der Waals surface area contributed by atoms with Gasteiger partial charge in [0.15, 0.2) is 0 Å². The Bertz CT molecular complexity index is 210. The first-order valence-electron chi connectivity index (χ1n) is 4.42. The summed E-state index contributed by atoms with van der Waals surface area (Å²) in [4.78, 5) is 10.7. The molecule has 1 heterocycles. The van der Waals surface area contributed by atoms with Gasteiger partial charge < -0.3 is 25.4 Å². The fraction of sp³-hybridized carbons (Fsp3) is 0.875. The molecule has 14 heavy (non-hydrogen) atoms. The molecule has 1 fully saturated rings. The third kappa shape index (κ3) is 2.42. The van der Waals surface area contributed by atoms with E-state index < -0.39 is 24.4 Å². The number of rotatable bonds is 3. The minimum absolute atomic E-state index is 0.0158. The van der Waals surface area contributed by atoms with Crippen LogP contribution in [0.4, 0.5) is 0 Å². The summed E-state index contributed by atoms with van der Waals surface area (Å²) in [6.07, 6.45) is -2.78. The third-order valence-electron chi connectivity index (χ3n) is 2.17. The maximum atomic E-state index is 10.7. The standard InChI is InChI=1S/C8H15NO5/c1-4(11)9-5(2-10)8-7(13)6(12)3-14-8/h5-8,10,12-13H,2-3H2,1H3,(H,9,11)/t5-,6+,7+,8+/m0/s1. The van der Waals surface area contributed by atoms with E-state index in [1.54, 1.807) is 0 Å². The summed E-state index contributed by atoms with van der Waals surface area (Å²) in [5, 5.41) is 30.0. The summed E-state index contributed by atoms with van der Waals surface area (Å²) >= 11 is 0. The molecule has 1 amide bonds. The first-order chi connectivity index (χ1) is 6.56. The molecule has 4 N–H and O–H groups in total. The van der Waals surface area contributed by atoms with Crippen LogP contribution in [0.15, 0.2) is 0 Å². The minimum atomic E-state index is -1.07. The van der Waals surface area contributed by atoms with Crippen molar-refractivity contribution in [3.63, 3.8) is 0 Å². The lowest BCUT2D eigenvalue weighted by atomic mass is 10.0. The number of aliphatic hydroxyl groups is 3. The van der Waals surface area contributed by atoms with E-state index in [1.807, 2.05) is 0 Å². The predicted molar refractivity (Wildman–Crippen MR) is 46.4 cm³/mol. The molecule has 0 saturated carbocycles. The van der Waals surface area contributed by atoms with Gasteiger partial charge in [-0.2, -0.15) is 0 Å². The third-order valence-corrected chi connectivity index (χ3v) is 2.17. The summed E-state index contributed by atoms with van der Waals surface area (Å²) in [5.74, 6) is -0.318. The van der Waals surface area contributed by atoms with Gasteiger partial charge in [0.25, 0.3) is 0 Å². The highest BCUT2D eigenvalue weighted by Gasteiger charge is 2.39. The molecule has 0 aromatic carbocycles. The second-order valence-corrected chi connectivity index (χ2v) is 3.35. The average molecular weight is 205 g/mol. The van der Waals surface area contributed by atoms with Gasteiger partial charge in [0, 0.05) is 6.92 Å². The van der Waals surface area contributed by atoms with Crippen LogP contribution in [0.5, 0.6) is 0 Å². The lowest BCUT2D eigenvalue weighted by molar-refractivity contribution is -0.121. The van der Waals surface area contributed by atoms with Crippen LogP contribution in [0.25, 0.3) is 0 Å². The SMILES string of the molecule is CC(=O)N[C@@H](CO)[C@H]1OC[C@@H](O)[C@H]1O. The van der Waals surface area contributed by atoms with E-state index >= 15 is 0 Å². The number of aliphatic hydroxyl groups excluding tert-OH is 3. The Morgan fingerprint density at radius 3 is 2.64 bits per heavy atom. The van der Waals surface area contributed by atoms with Crippen LogP contribution in [-0.2, 0) is 9.53 Å². The van der Waals surface area contributed by atoms with E-state index in [0.717, 1.165) is 0 Å². The van der Waals surface area contributed by atoms with Gasteiger partial charge in [-0.25, -0.2) is 0 Å². The highest BCUT2D eigenvalue weighted by atomic mass is 16.5. The van der Waals surface area contributed by atoms with Gasteiger partial charge in [-0.3, -0.25) is 4.79 Å². The molecule has 1 rings (SSSR count). The predicted octanol–water partition coefficient (Wildman–Crippen LogP) is -2.40. The van der Waals surface area contributed by atoms with Crippen molar-refractivity contribution < 1.29 is 24.9 Å². The summed E-state index contributed by atoms with van der Waals surface area (Å²) in [5.41, 5.74) is 0. The number of ether oxygens (including phenoxy) is 1. The van der Waals surface area contributed by atoms with Gasteiger partial charge in [-0.15, -0.1) is 0 Å². The van der Waals surface area contributed by atoms with E-state index in [2.05, 4.69) is 5.32 Å². The topological polar surface area (TPSA) is 99.0 Å². The van der Waals surface area contributed by atoms with E-state index in [1.165, 1.54) is 6.92 Å². The molecule has 1 aliphatic heterocycles. The largest absolute Gasteiger partial charge is 0.394 e. The second-order valence-electron chi connectivity index (χ2n) is 3.35. The molecule has 0 aromatic heterocycles. The summed E-state index contributed by atoms with van der Waals surface area (Å²) in [7, 11) is 0. The number of carbonyl (C=O) groups is 1. The van der Waals surface area contributed by atoms with E-state index in [0.29, 0.717) is 0 Å². The number of amides is 1. The monoisotopic (exact) mass is 205 g/mol. The van der Waals surface area contributed by atoms with Crippen molar-refractivity contribution >= 4 is 5.91 Å². The summed E-state index contributed by atoms with van der Waals surface area (Å²) in [6, 6.07) is -0.681. The molecule has 0 bridgehead atoms. The maximum Gasteiger partial charge on any atom is 0.217 e. The van der Waals surface area contributed by atoms with Crippen LogP contribution in [0, 0.1) is 0 Å². The van der Waals surface area contributed by atoms with Crippen molar-refractivity contribution in [2.45, 2.75) is 31.3 Å². The first kappa shape index (κ1) is 11.4. The molecular weight excluding hydrogens is 190 g/mol. The molecule has 4 atom stereocenters. The highest BCUT2D eigenvalue weighted by molar-refractivity contribution is 5.73. The van der Waals surface area contributed by atoms with Gasteiger partial charge >= 0.3 is 0 Å². The first-order valence-corrected chi connectivity index (χ1v) is 4.42. The van der Waals surface area contributed by atoms with Crippen molar-refractivity contribution in [2.24, 2.45) is 0 Å². The van der Waals surface area contributed by atoms with Crippen LogP contribution in [0.3, 0.4) is 0 Å². The molecular formula is C8H15NO5. The van der Waals surface area contributed by atoms with Crippen LogP contribution in [0.1, 0.15) is 6.92 Å². The maximum absolute atomic E-state index is 10.7. The number of hydrogen-bond donors (Lipinski definition) is 4. The summed E-state index contributed by atoms with van der Waals surface area (Å²) in [6.45, 7) is 0.983. The van der Waals surface area contributed by atoms with Crippen molar-refractivity contribution in [1.29, 1.82) is 0 Å². The molecule has 82 valence electrons. The highest BCUT2D eigenvalue weighted by Crippen LogP contribution is 2.17. The lowest BCUT2D eigenvalue weighted by Crippen LogP contribution is -2.50. The summed E-state index contributed by atoms with van der Waals surface area (Å²) < 4.78 is 5.06. The Kier molecular flexibility index (Phi) is 3.82. The number of carbonyl (C=O) groups excluding carboxylic acids is 1. The quantitative estimate of drug-likeness (QED) is 0.412. The Morgan fingerprint density at radius 2 is 2.29 bits per heavy atom. The zero-order chi connectivity index (χ0) is 10.7. The zero-order valence-electron chi connectivity index (χ0n) is 7.88. The molecule has 0 unspecified atom stereocenters. The van der Waals surface area contributed by atoms with Gasteiger partial charge in [0.1, 0.15) is 18.3 Å². The Morgan fingerprint density at radius 1 is 1.64 bits per heavy atom. The van der Waals surface area contributed by atoms with Gasteiger partial charge in [-0.05, 0) is 0 Å². The van der Waals surface area contributed by atoms with Crippen LogP contribution in [-0.4, -0.2) is 58.8 Å². The van der Waals surface area contributed by atoms with Crippen LogP contribution in [0.2, 0.25) is 0 Å². The molecule has 0 spiro atoms. The Balaban J connectivity index is 2.56. The number of nitrogens with one attached hydrogen (secondary N) is 1. The zero-order valence-corrected chi connectivity index (χ0v) is 7.88. The molecule has 1 saturated heterocycles. The normalized spacial score (nSPS) is 34.1.